The number of aromatic nitrogens is 2. The van der Waals surface area contributed by atoms with E-state index in [2.05, 4.69) is 11.7 Å². The summed E-state index contributed by atoms with van der Waals surface area (Å²) in [6, 6.07) is 0. The molecule has 0 aromatic carbocycles. The number of nitrogens with zero attached hydrogens (tertiary/aromatic N) is 1. The van der Waals surface area contributed by atoms with Gasteiger partial charge in [0, 0.05) is 17.0 Å². The van der Waals surface area contributed by atoms with Crippen molar-refractivity contribution in [2.45, 2.75) is 20.4 Å². The molecule has 0 fully saturated rings. The summed E-state index contributed by atoms with van der Waals surface area (Å²) < 4.78 is 1.23. The lowest BCUT2D eigenvalue weighted by Gasteiger charge is -2.08. The molecule has 0 amide bonds. The zero-order chi connectivity index (χ0) is 11.6. The average Bonchev–Trinajstić information content (AvgIpc) is 2.22. The molecule has 0 aliphatic rings. The number of aromatic amines is 1. The highest BCUT2D eigenvalue weighted by atomic mass is 35.5. The largest absolute Gasteiger partial charge is 0.268 e. The highest BCUT2D eigenvalue weighted by molar-refractivity contribution is 6.19. The lowest BCUT2D eigenvalue weighted by Crippen LogP contribution is -2.33. The van der Waals surface area contributed by atoms with E-state index in [0.717, 1.165) is 0 Å². The molecule has 5 heteroatoms. The molecular formula is C10H13ClN2O2. The first kappa shape index (κ1) is 11.8. The molecule has 1 heterocycles. The second-order valence-electron chi connectivity index (χ2n) is 3.47. The van der Waals surface area contributed by atoms with Crippen LogP contribution in [0.2, 0.25) is 0 Å². The van der Waals surface area contributed by atoms with E-state index in [-0.39, 0.29) is 23.5 Å². The second-order valence-corrected chi connectivity index (χ2v) is 3.73. The monoisotopic (exact) mass is 228 g/mol. The summed E-state index contributed by atoms with van der Waals surface area (Å²) in [5, 5.41) is 2.48. The Morgan fingerprint density at radius 2 is 2.00 bits per heavy atom. The number of rotatable bonds is 3. The van der Waals surface area contributed by atoms with Gasteiger partial charge in [-0.1, -0.05) is 6.58 Å². The summed E-state index contributed by atoms with van der Waals surface area (Å²) in [4.78, 5) is 23.1. The molecule has 0 saturated carbocycles. The van der Waals surface area contributed by atoms with Crippen molar-refractivity contribution in [2.75, 3.05) is 5.88 Å². The lowest BCUT2D eigenvalue weighted by atomic mass is 10.2. The molecule has 1 N–H and O–H groups in total. The van der Waals surface area contributed by atoms with E-state index in [0.29, 0.717) is 16.7 Å². The third kappa shape index (κ3) is 2.39. The maximum Gasteiger partial charge on any atom is 0.268 e. The molecule has 0 bridgehead atoms. The van der Waals surface area contributed by atoms with Crippen molar-refractivity contribution < 1.29 is 0 Å². The van der Waals surface area contributed by atoms with E-state index in [1.165, 1.54) is 4.68 Å². The molecule has 0 spiro atoms. The van der Waals surface area contributed by atoms with Gasteiger partial charge in [0.15, 0.2) is 0 Å². The van der Waals surface area contributed by atoms with E-state index < -0.39 is 0 Å². The Bertz CT molecular complexity index is 499. The van der Waals surface area contributed by atoms with Crippen LogP contribution in [-0.4, -0.2) is 15.7 Å². The van der Waals surface area contributed by atoms with Crippen LogP contribution < -0.4 is 11.1 Å². The number of H-pyrrole nitrogens is 1. The topological polar surface area (TPSA) is 54.9 Å². The molecule has 15 heavy (non-hydrogen) atoms. The number of halogens is 1. The van der Waals surface area contributed by atoms with Crippen LogP contribution in [0.3, 0.4) is 0 Å². The second kappa shape index (κ2) is 4.49. The van der Waals surface area contributed by atoms with Crippen molar-refractivity contribution >= 4 is 11.6 Å². The zero-order valence-electron chi connectivity index (χ0n) is 8.76. The van der Waals surface area contributed by atoms with Crippen LogP contribution in [0, 0.1) is 13.8 Å². The van der Waals surface area contributed by atoms with Gasteiger partial charge in [-0.25, -0.2) is 4.68 Å². The Kier molecular flexibility index (Phi) is 3.52. The maximum absolute atomic E-state index is 11.7. The van der Waals surface area contributed by atoms with Gasteiger partial charge in [-0.05, 0) is 19.4 Å². The molecule has 1 rings (SSSR count). The van der Waals surface area contributed by atoms with Crippen LogP contribution in [0.1, 0.15) is 11.1 Å². The lowest BCUT2D eigenvalue weighted by molar-refractivity contribution is 0.613. The molecule has 0 unspecified atom stereocenters. The van der Waals surface area contributed by atoms with E-state index >= 15 is 0 Å². The fourth-order valence-corrected chi connectivity index (χ4v) is 1.25. The standard InChI is InChI=1S/C10H13ClN2O2/c1-6(4-11)5-13-10(15)8(3)7(2)9(14)12-13/h1,4-5H2,2-3H3,(H,12,14). The highest BCUT2D eigenvalue weighted by Crippen LogP contribution is 1.97. The van der Waals surface area contributed by atoms with Crippen molar-refractivity contribution in [3.8, 4) is 0 Å². The van der Waals surface area contributed by atoms with Gasteiger partial charge in [-0.2, -0.15) is 0 Å². The van der Waals surface area contributed by atoms with Gasteiger partial charge >= 0.3 is 0 Å². The summed E-state index contributed by atoms with van der Waals surface area (Å²) in [5.74, 6) is 0.265. The van der Waals surface area contributed by atoms with E-state index in [4.69, 9.17) is 11.6 Å². The first-order valence-corrected chi connectivity index (χ1v) is 5.03. The fourth-order valence-electron chi connectivity index (χ4n) is 1.17. The van der Waals surface area contributed by atoms with Crippen molar-refractivity contribution in [3.63, 3.8) is 0 Å². The van der Waals surface area contributed by atoms with Crippen LogP contribution in [0.5, 0.6) is 0 Å². The van der Waals surface area contributed by atoms with Crippen molar-refractivity contribution in [1.29, 1.82) is 0 Å². The number of hydrogen-bond donors (Lipinski definition) is 1. The number of hydrogen-bond acceptors (Lipinski definition) is 2. The van der Waals surface area contributed by atoms with E-state index in [9.17, 15) is 9.59 Å². The van der Waals surface area contributed by atoms with Crippen molar-refractivity contribution in [2.24, 2.45) is 0 Å². The summed E-state index contributed by atoms with van der Waals surface area (Å²) in [7, 11) is 0. The number of alkyl halides is 1. The van der Waals surface area contributed by atoms with Crippen LogP contribution in [0.25, 0.3) is 0 Å². The first-order chi connectivity index (χ1) is 6.97. The molecule has 0 aliphatic heterocycles. The van der Waals surface area contributed by atoms with Gasteiger partial charge in [-0.15, -0.1) is 11.6 Å². The van der Waals surface area contributed by atoms with Gasteiger partial charge in [0.05, 0.1) is 6.54 Å². The van der Waals surface area contributed by atoms with Crippen molar-refractivity contribution in [3.05, 3.63) is 44.0 Å². The SMILES string of the molecule is C=C(CCl)Cn1[nH]c(=O)c(C)c(C)c1=O. The van der Waals surface area contributed by atoms with E-state index in [1.54, 1.807) is 13.8 Å². The Hall–Kier alpha value is -1.29. The van der Waals surface area contributed by atoms with Gasteiger partial charge in [0.2, 0.25) is 0 Å². The molecule has 0 atom stereocenters. The molecule has 0 radical (unpaired) electrons. The van der Waals surface area contributed by atoms with Gasteiger partial charge < -0.3 is 0 Å². The summed E-state index contributed by atoms with van der Waals surface area (Å²) in [5.41, 5.74) is 1.12. The maximum atomic E-state index is 11.7. The Labute approximate surface area is 92.2 Å². The predicted octanol–water partition coefficient (Wildman–Crippen LogP) is 0.948. The highest BCUT2D eigenvalue weighted by Gasteiger charge is 2.07. The van der Waals surface area contributed by atoms with Crippen LogP contribution in [-0.2, 0) is 6.54 Å². The Balaban J connectivity index is 3.27. The fraction of sp³-hybridized carbons (Fsp3) is 0.400. The minimum Gasteiger partial charge on any atom is -0.268 e. The van der Waals surface area contributed by atoms with Crippen LogP contribution >= 0.6 is 11.6 Å². The normalized spacial score (nSPS) is 10.3. The third-order valence-electron chi connectivity index (χ3n) is 2.28. The molecule has 4 nitrogen and oxygen atoms in total. The van der Waals surface area contributed by atoms with Gasteiger partial charge in [0.25, 0.3) is 11.1 Å². The van der Waals surface area contributed by atoms with Gasteiger partial charge in [-0.3, -0.25) is 14.7 Å². The summed E-state index contributed by atoms with van der Waals surface area (Å²) in [6.45, 7) is 7.18. The predicted molar refractivity (Wildman–Crippen MR) is 60.7 cm³/mol. The summed E-state index contributed by atoms with van der Waals surface area (Å²) in [6.07, 6.45) is 0. The smallest absolute Gasteiger partial charge is 0.268 e. The third-order valence-corrected chi connectivity index (χ3v) is 2.65. The quantitative estimate of drug-likeness (QED) is 0.619. The van der Waals surface area contributed by atoms with E-state index in [1.807, 2.05) is 0 Å². The van der Waals surface area contributed by atoms with Crippen LogP contribution in [0.4, 0.5) is 0 Å². The van der Waals surface area contributed by atoms with Gasteiger partial charge in [0.1, 0.15) is 0 Å². The Morgan fingerprint density at radius 3 is 2.53 bits per heavy atom. The minimum atomic E-state index is -0.255. The molecule has 0 aliphatic carbocycles. The zero-order valence-corrected chi connectivity index (χ0v) is 9.52. The molecule has 1 aromatic heterocycles. The molecule has 82 valence electrons. The van der Waals surface area contributed by atoms with Crippen molar-refractivity contribution in [1.82, 2.24) is 9.78 Å². The number of allylic oxidation sites excluding steroid dienone is 1. The Morgan fingerprint density at radius 1 is 1.40 bits per heavy atom. The van der Waals surface area contributed by atoms with Crippen LogP contribution in [0.15, 0.2) is 21.7 Å². The first-order valence-electron chi connectivity index (χ1n) is 4.50. The molecule has 0 saturated heterocycles. The molecular weight excluding hydrogens is 216 g/mol. The average molecular weight is 229 g/mol. The summed E-state index contributed by atoms with van der Waals surface area (Å²) >= 11 is 5.56. The minimum absolute atomic E-state index is 0.210. The molecule has 1 aromatic rings. The number of nitrogens with one attached hydrogen (secondary N) is 1.